The molecule has 2 unspecified atom stereocenters. The highest BCUT2D eigenvalue weighted by molar-refractivity contribution is 7.89. The van der Waals surface area contributed by atoms with Crippen LogP contribution in [-0.4, -0.2) is 38.5 Å². The molecule has 0 spiro atoms. The van der Waals surface area contributed by atoms with E-state index >= 15 is 0 Å². The molecule has 3 aliphatic rings. The fraction of sp³-hybridized carbons (Fsp3) is 0.455. The first-order valence-corrected chi connectivity index (χ1v) is 13.0. The Morgan fingerprint density at radius 1 is 0.971 bits per heavy atom. The number of likely N-dealkylation sites (tertiary alicyclic amines) is 1. The lowest BCUT2D eigenvalue weighted by Crippen LogP contribution is -2.54. The molecule has 2 saturated heterocycles. The maximum Gasteiger partial charge on any atom is 0.417 e. The Morgan fingerprint density at radius 3 is 2.17 bits per heavy atom. The molecule has 2 heterocycles. The minimum absolute atomic E-state index is 0.127. The minimum atomic E-state index is -4.91. The molecule has 2 aromatic rings. The summed E-state index contributed by atoms with van der Waals surface area (Å²) in [5, 5.41) is 5.30. The number of hydrogen-bond donors (Lipinski definition) is 6. The number of halogens is 3. The van der Waals surface area contributed by atoms with E-state index in [1.165, 1.54) is 6.07 Å². The van der Waals surface area contributed by atoms with E-state index in [9.17, 15) is 21.6 Å². The first-order chi connectivity index (χ1) is 16.5. The lowest BCUT2D eigenvalue weighted by molar-refractivity contribution is -0.140. The second-order valence-electron chi connectivity index (χ2n) is 9.35. The zero-order chi connectivity index (χ0) is 25.0. The van der Waals surface area contributed by atoms with Gasteiger partial charge in [-0.1, -0.05) is 36.8 Å². The lowest BCUT2D eigenvalue weighted by atomic mass is 9.87. The van der Waals surface area contributed by atoms with Gasteiger partial charge >= 0.3 is 6.18 Å². The second-order valence-corrected chi connectivity index (χ2v) is 10.9. The van der Waals surface area contributed by atoms with Crippen molar-refractivity contribution < 1.29 is 21.6 Å². The largest absolute Gasteiger partial charge is 0.417 e. The van der Waals surface area contributed by atoms with Crippen molar-refractivity contribution in [2.24, 2.45) is 10.9 Å². The third-order valence-electron chi connectivity index (χ3n) is 7.17. The van der Waals surface area contributed by atoms with E-state index in [0.29, 0.717) is 23.1 Å². The molecule has 0 aromatic heterocycles. The molecule has 0 amide bonds. The van der Waals surface area contributed by atoms with Crippen LogP contribution in [0.15, 0.2) is 41.3 Å². The molecule has 0 bridgehead atoms. The van der Waals surface area contributed by atoms with Gasteiger partial charge in [0, 0.05) is 36.7 Å². The summed E-state index contributed by atoms with van der Waals surface area (Å²) < 4.78 is 66.0. The van der Waals surface area contributed by atoms with Gasteiger partial charge in [-0.2, -0.15) is 24.2 Å². The average molecular weight is 512 g/mol. The van der Waals surface area contributed by atoms with Crippen LogP contribution in [-0.2, 0) is 16.2 Å². The van der Waals surface area contributed by atoms with E-state index in [4.69, 9.17) is 10.9 Å². The van der Waals surface area contributed by atoms with Crippen molar-refractivity contribution in [2.75, 3.05) is 13.1 Å². The smallest absolute Gasteiger partial charge is 0.326 e. The van der Waals surface area contributed by atoms with Crippen molar-refractivity contribution in [1.82, 2.24) is 26.8 Å². The fourth-order valence-corrected chi connectivity index (χ4v) is 6.44. The third-order valence-corrected chi connectivity index (χ3v) is 8.18. The van der Waals surface area contributed by atoms with Crippen molar-refractivity contribution >= 4 is 10.0 Å². The van der Waals surface area contributed by atoms with Gasteiger partial charge in [-0.25, -0.2) is 24.4 Å². The predicted molar refractivity (Wildman–Crippen MR) is 123 cm³/mol. The van der Waals surface area contributed by atoms with Gasteiger partial charge in [0.15, 0.2) is 0 Å². The Labute approximate surface area is 201 Å². The molecule has 8 N–H and O–H groups in total. The van der Waals surface area contributed by atoms with Crippen molar-refractivity contribution in [1.29, 1.82) is 0 Å². The monoisotopic (exact) mass is 511 g/mol. The molecule has 2 aliphatic heterocycles. The fourth-order valence-electron chi connectivity index (χ4n) is 5.42. The number of hydrogen-bond acceptors (Lipinski definition) is 8. The first kappa shape index (κ1) is 24.6. The number of rotatable bonds is 5. The quantitative estimate of drug-likeness (QED) is 0.355. The van der Waals surface area contributed by atoms with Gasteiger partial charge in [-0.15, -0.1) is 0 Å². The van der Waals surface area contributed by atoms with Gasteiger partial charge in [-0.3, -0.25) is 4.90 Å². The van der Waals surface area contributed by atoms with Gasteiger partial charge in [0.2, 0.25) is 10.0 Å². The number of alkyl halides is 3. The molecule has 2 aromatic carbocycles. The highest BCUT2D eigenvalue weighted by atomic mass is 32.2. The number of nitrogens with one attached hydrogen (secondary N) is 4. The standard InChI is InChI=1S/C22H28F3N7O2S/c23-22(24,25)16-9-8-15(19(20(16)35(27,33)34)21-28-30-31-29-21)13-6-4-12(5-7-13)14-10-32(11-14)18-3-1-2-17(18)26/h4-9,14,17-18,21,28-31H,1-3,10-11,26H2,(H2,27,33,34). The van der Waals surface area contributed by atoms with Gasteiger partial charge < -0.3 is 5.73 Å². The highest BCUT2D eigenvalue weighted by Gasteiger charge is 2.41. The summed E-state index contributed by atoms with van der Waals surface area (Å²) >= 11 is 0. The van der Waals surface area contributed by atoms with Gasteiger partial charge in [-0.05, 0) is 35.6 Å². The van der Waals surface area contributed by atoms with Crippen LogP contribution >= 0.6 is 0 Å². The molecule has 0 radical (unpaired) electrons. The lowest BCUT2D eigenvalue weighted by Gasteiger charge is -2.45. The molecule has 35 heavy (non-hydrogen) atoms. The van der Waals surface area contributed by atoms with Crippen LogP contribution in [0.4, 0.5) is 13.2 Å². The van der Waals surface area contributed by atoms with Crippen LogP contribution in [0.2, 0.25) is 0 Å². The van der Waals surface area contributed by atoms with Crippen molar-refractivity contribution in [3.8, 4) is 11.1 Å². The van der Waals surface area contributed by atoms with E-state index in [1.807, 2.05) is 12.1 Å². The molecule has 2 atom stereocenters. The molecule has 1 saturated carbocycles. The molecule has 3 fully saturated rings. The summed E-state index contributed by atoms with van der Waals surface area (Å²) in [6, 6.07) is 10.2. The number of benzene rings is 2. The summed E-state index contributed by atoms with van der Waals surface area (Å²) in [5.74, 6) is 0.357. The molecule has 190 valence electrons. The average Bonchev–Trinajstić information content (AvgIpc) is 3.43. The van der Waals surface area contributed by atoms with Crippen molar-refractivity contribution in [3.63, 3.8) is 0 Å². The number of sulfonamides is 1. The second kappa shape index (κ2) is 9.09. The Bertz CT molecular complexity index is 1190. The molecular weight excluding hydrogens is 483 g/mol. The van der Waals surface area contributed by atoms with Crippen molar-refractivity contribution in [2.45, 2.75) is 54.5 Å². The van der Waals surface area contributed by atoms with Gasteiger partial charge in [0.25, 0.3) is 0 Å². The van der Waals surface area contributed by atoms with E-state index in [2.05, 4.69) is 26.8 Å². The molecule has 13 heteroatoms. The maximum absolute atomic E-state index is 13.7. The Morgan fingerprint density at radius 2 is 1.63 bits per heavy atom. The van der Waals surface area contributed by atoms with Gasteiger partial charge in [0.05, 0.1) is 5.56 Å². The Hall–Kier alpha value is -2.10. The summed E-state index contributed by atoms with van der Waals surface area (Å²) in [5.41, 5.74) is 17.2. The van der Waals surface area contributed by atoms with E-state index < -0.39 is 32.8 Å². The minimum Gasteiger partial charge on any atom is -0.326 e. The number of hydrazine groups is 3. The number of nitrogens with two attached hydrogens (primary N) is 2. The topological polar surface area (TPSA) is 138 Å². The number of primary sulfonamides is 1. The molecule has 9 nitrogen and oxygen atoms in total. The van der Waals surface area contributed by atoms with Crippen LogP contribution in [0, 0.1) is 0 Å². The third kappa shape index (κ3) is 4.70. The summed E-state index contributed by atoms with van der Waals surface area (Å²) in [6.45, 7) is 1.85. The summed E-state index contributed by atoms with van der Waals surface area (Å²) in [6.07, 6.45) is -2.55. The first-order valence-electron chi connectivity index (χ1n) is 11.4. The van der Waals surface area contributed by atoms with Gasteiger partial charge in [0.1, 0.15) is 11.1 Å². The normalized spacial score (nSPS) is 24.7. The highest BCUT2D eigenvalue weighted by Crippen LogP contribution is 2.42. The molecule has 5 rings (SSSR count). The predicted octanol–water partition coefficient (Wildman–Crippen LogP) is 1.41. The van der Waals surface area contributed by atoms with Crippen LogP contribution in [0.25, 0.3) is 11.1 Å². The van der Waals surface area contributed by atoms with E-state index in [1.54, 1.807) is 12.1 Å². The molecular formula is C22H28F3N7O2S. The Balaban J connectivity index is 1.48. The van der Waals surface area contributed by atoms with Crippen LogP contribution in [0.3, 0.4) is 0 Å². The number of nitrogens with zero attached hydrogens (tertiary/aromatic N) is 1. The van der Waals surface area contributed by atoms with Crippen molar-refractivity contribution in [3.05, 3.63) is 53.1 Å². The maximum atomic E-state index is 13.7. The van der Waals surface area contributed by atoms with Crippen LogP contribution in [0.1, 0.15) is 48.0 Å². The van der Waals surface area contributed by atoms with E-state index in [-0.39, 0.29) is 11.6 Å². The summed E-state index contributed by atoms with van der Waals surface area (Å²) in [4.78, 5) is 1.45. The zero-order valence-electron chi connectivity index (χ0n) is 18.8. The Kier molecular flexibility index (Phi) is 6.38. The van der Waals surface area contributed by atoms with E-state index in [0.717, 1.165) is 44.0 Å². The van der Waals surface area contributed by atoms with Crippen LogP contribution < -0.4 is 32.8 Å². The SMILES string of the molecule is NC1CCCC1N1CC(c2ccc(-c3ccc(C(F)(F)F)c(S(N)(=O)=O)c3C3NNNN3)cc2)C1. The zero-order valence-corrected chi connectivity index (χ0v) is 19.6. The van der Waals surface area contributed by atoms with Crippen LogP contribution in [0.5, 0.6) is 0 Å². The summed E-state index contributed by atoms with van der Waals surface area (Å²) in [7, 11) is -4.72. The molecule has 1 aliphatic carbocycles.